The van der Waals surface area contributed by atoms with Gasteiger partial charge in [-0.2, -0.15) is 0 Å². The van der Waals surface area contributed by atoms with Crippen molar-refractivity contribution in [3.05, 3.63) is 0 Å². The van der Waals surface area contributed by atoms with Gasteiger partial charge in [-0.15, -0.1) is 11.6 Å². The van der Waals surface area contributed by atoms with E-state index in [0.29, 0.717) is 25.9 Å². The number of nitrogens with one attached hydrogen (secondary N) is 2. The highest BCUT2D eigenvalue weighted by Crippen LogP contribution is 2.12. The van der Waals surface area contributed by atoms with Gasteiger partial charge in [-0.05, 0) is 30.6 Å². The van der Waals surface area contributed by atoms with E-state index in [0.717, 1.165) is 25.7 Å². The number of carbonyl (C=O) groups is 2. The molecule has 6 heteroatoms. The van der Waals surface area contributed by atoms with Crippen LogP contribution in [-0.2, 0) is 9.59 Å². The van der Waals surface area contributed by atoms with Crippen LogP contribution in [0.25, 0.3) is 0 Å². The predicted molar refractivity (Wildman–Crippen MR) is 111 cm³/mol. The van der Waals surface area contributed by atoms with Gasteiger partial charge in [0.05, 0.1) is 4.87 Å². The molecule has 0 aliphatic heterocycles. The van der Waals surface area contributed by atoms with Gasteiger partial charge >= 0.3 is 0 Å². The lowest BCUT2D eigenvalue weighted by Gasteiger charge is -2.23. The van der Waals surface area contributed by atoms with Crippen LogP contribution in [0.5, 0.6) is 0 Å². The molecule has 2 amide bonds. The van der Waals surface area contributed by atoms with E-state index in [2.05, 4.69) is 40.1 Å². The molecule has 0 aromatic rings. The van der Waals surface area contributed by atoms with E-state index in [9.17, 15) is 9.59 Å². The Morgan fingerprint density at radius 2 is 1.33 bits per heavy atom. The molecule has 0 rings (SSSR count). The second-order valence-corrected chi connectivity index (χ2v) is 8.62. The molecule has 0 heterocycles. The standard InChI is InChI=1S/C18H34ClIN2O2/c1-3-4-5-8-11-16(23)21-14-18(2,19)15-22-17(24)12-9-6-7-10-13-20/h3-15H2,1-2H3,(H,21,23)(H,22,24). The number of carbonyl (C=O) groups excluding carboxylic acids is 2. The summed E-state index contributed by atoms with van der Waals surface area (Å²) in [7, 11) is 0. The van der Waals surface area contributed by atoms with Crippen LogP contribution < -0.4 is 10.6 Å². The van der Waals surface area contributed by atoms with E-state index in [1.165, 1.54) is 30.1 Å². The normalized spacial score (nSPS) is 13.3. The first kappa shape index (κ1) is 24.0. The minimum Gasteiger partial charge on any atom is -0.354 e. The van der Waals surface area contributed by atoms with E-state index >= 15 is 0 Å². The Balaban J connectivity index is 3.76. The van der Waals surface area contributed by atoms with E-state index in [1.54, 1.807) is 0 Å². The first-order chi connectivity index (χ1) is 11.4. The van der Waals surface area contributed by atoms with Crippen LogP contribution in [0.4, 0.5) is 0 Å². The maximum atomic E-state index is 11.8. The zero-order valence-electron chi connectivity index (χ0n) is 15.3. The van der Waals surface area contributed by atoms with E-state index < -0.39 is 4.87 Å². The summed E-state index contributed by atoms with van der Waals surface area (Å²) in [5.41, 5.74) is 0. The predicted octanol–water partition coefficient (Wildman–Crippen LogP) is 4.57. The van der Waals surface area contributed by atoms with Gasteiger partial charge in [-0.25, -0.2) is 0 Å². The Bertz CT molecular complexity index is 352. The van der Waals surface area contributed by atoms with Crippen molar-refractivity contribution in [3.63, 3.8) is 0 Å². The number of unbranched alkanes of at least 4 members (excludes halogenated alkanes) is 6. The maximum absolute atomic E-state index is 11.8. The van der Waals surface area contributed by atoms with Gasteiger partial charge in [0, 0.05) is 25.9 Å². The molecule has 0 fully saturated rings. The number of amides is 2. The third kappa shape index (κ3) is 15.5. The highest BCUT2D eigenvalue weighted by molar-refractivity contribution is 14.1. The lowest BCUT2D eigenvalue weighted by atomic mass is 10.1. The fourth-order valence-electron chi connectivity index (χ4n) is 2.25. The van der Waals surface area contributed by atoms with Gasteiger partial charge in [-0.1, -0.05) is 61.6 Å². The molecule has 142 valence electrons. The number of hydrogen-bond donors (Lipinski definition) is 2. The molecule has 0 radical (unpaired) electrons. The summed E-state index contributed by atoms with van der Waals surface area (Å²) in [4.78, 5) is 22.9. The monoisotopic (exact) mass is 472 g/mol. The van der Waals surface area contributed by atoms with E-state index in [1.807, 2.05) is 6.92 Å². The average molecular weight is 473 g/mol. The smallest absolute Gasteiger partial charge is 0.220 e. The number of halogens is 2. The second kappa shape index (κ2) is 15.2. The molecule has 0 aromatic heterocycles. The van der Waals surface area contributed by atoms with Gasteiger partial charge in [0.25, 0.3) is 0 Å². The Kier molecular flexibility index (Phi) is 15.2. The Labute approximate surface area is 166 Å². The quantitative estimate of drug-likeness (QED) is 0.208. The van der Waals surface area contributed by atoms with Crippen molar-refractivity contribution in [2.24, 2.45) is 0 Å². The molecule has 0 spiro atoms. The number of hydrogen-bond acceptors (Lipinski definition) is 2. The van der Waals surface area contributed by atoms with Crippen molar-refractivity contribution < 1.29 is 9.59 Å². The molecule has 4 nitrogen and oxygen atoms in total. The minimum atomic E-state index is -0.643. The SMILES string of the molecule is CCCCCCC(=O)NCC(C)(Cl)CNC(=O)CCCCCCI. The molecular formula is C18H34ClIN2O2. The van der Waals surface area contributed by atoms with Crippen molar-refractivity contribution in [1.29, 1.82) is 0 Å². The van der Waals surface area contributed by atoms with Gasteiger partial charge in [-0.3, -0.25) is 9.59 Å². The summed E-state index contributed by atoms with van der Waals surface area (Å²) < 4.78 is 1.18. The highest BCUT2D eigenvalue weighted by atomic mass is 127. The number of alkyl halides is 2. The van der Waals surface area contributed by atoms with Crippen LogP contribution >= 0.6 is 34.2 Å². The van der Waals surface area contributed by atoms with Gasteiger partial charge in [0.2, 0.25) is 11.8 Å². The topological polar surface area (TPSA) is 58.2 Å². The molecule has 0 bridgehead atoms. The van der Waals surface area contributed by atoms with Crippen molar-refractivity contribution in [2.75, 3.05) is 17.5 Å². The van der Waals surface area contributed by atoms with Crippen LogP contribution in [0.3, 0.4) is 0 Å². The maximum Gasteiger partial charge on any atom is 0.220 e. The van der Waals surface area contributed by atoms with Crippen LogP contribution in [0, 0.1) is 0 Å². The Hall–Kier alpha value is -0.0400. The van der Waals surface area contributed by atoms with Crippen LogP contribution in [0.1, 0.15) is 78.1 Å². The highest BCUT2D eigenvalue weighted by Gasteiger charge is 2.22. The van der Waals surface area contributed by atoms with Crippen molar-refractivity contribution in [3.8, 4) is 0 Å². The summed E-state index contributed by atoms with van der Waals surface area (Å²) in [6, 6.07) is 0. The zero-order valence-corrected chi connectivity index (χ0v) is 18.2. The van der Waals surface area contributed by atoms with Gasteiger partial charge in [0.15, 0.2) is 0 Å². The van der Waals surface area contributed by atoms with E-state index in [4.69, 9.17) is 11.6 Å². The van der Waals surface area contributed by atoms with Crippen molar-refractivity contribution in [2.45, 2.75) is 82.9 Å². The zero-order chi connectivity index (χ0) is 18.3. The largest absolute Gasteiger partial charge is 0.354 e. The van der Waals surface area contributed by atoms with E-state index in [-0.39, 0.29) is 11.8 Å². The molecule has 0 aliphatic rings. The molecule has 0 saturated heterocycles. The average Bonchev–Trinajstić information content (AvgIpc) is 2.55. The lowest BCUT2D eigenvalue weighted by Crippen LogP contribution is -2.45. The fraction of sp³-hybridized carbons (Fsp3) is 0.889. The van der Waals surface area contributed by atoms with Crippen LogP contribution in [0.15, 0.2) is 0 Å². The summed E-state index contributed by atoms with van der Waals surface area (Å²) in [6.45, 7) is 4.74. The third-order valence-corrected chi connectivity index (χ3v) is 4.88. The third-order valence-electron chi connectivity index (χ3n) is 3.85. The summed E-state index contributed by atoms with van der Waals surface area (Å²) in [6.07, 6.45) is 9.90. The Morgan fingerprint density at radius 1 is 0.875 bits per heavy atom. The molecule has 1 unspecified atom stereocenters. The summed E-state index contributed by atoms with van der Waals surface area (Å²) >= 11 is 8.75. The molecule has 0 saturated carbocycles. The first-order valence-electron chi connectivity index (χ1n) is 9.19. The minimum absolute atomic E-state index is 0.0413. The van der Waals surface area contributed by atoms with Crippen LogP contribution in [0.2, 0.25) is 0 Å². The number of rotatable bonds is 15. The summed E-state index contributed by atoms with van der Waals surface area (Å²) in [5, 5.41) is 5.74. The van der Waals surface area contributed by atoms with Gasteiger partial charge in [0.1, 0.15) is 0 Å². The molecule has 2 N–H and O–H groups in total. The molecule has 24 heavy (non-hydrogen) atoms. The summed E-state index contributed by atoms with van der Waals surface area (Å²) in [5.74, 6) is 0.0850. The van der Waals surface area contributed by atoms with Crippen molar-refractivity contribution >= 4 is 46.0 Å². The first-order valence-corrected chi connectivity index (χ1v) is 11.1. The second-order valence-electron chi connectivity index (χ2n) is 6.63. The molecular weight excluding hydrogens is 439 g/mol. The van der Waals surface area contributed by atoms with Gasteiger partial charge < -0.3 is 10.6 Å². The molecule has 0 aromatic carbocycles. The molecule has 0 aliphatic carbocycles. The lowest BCUT2D eigenvalue weighted by molar-refractivity contribution is -0.121. The molecule has 1 atom stereocenters. The van der Waals surface area contributed by atoms with Crippen LogP contribution in [-0.4, -0.2) is 34.2 Å². The fourth-order valence-corrected chi connectivity index (χ4v) is 2.92. The Morgan fingerprint density at radius 3 is 1.79 bits per heavy atom. The van der Waals surface area contributed by atoms with Crippen molar-refractivity contribution in [1.82, 2.24) is 10.6 Å².